The van der Waals surface area contributed by atoms with E-state index in [1.54, 1.807) is 23.1 Å². The lowest BCUT2D eigenvalue weighted by molar-refractivity contribution is -0.119. The first-order chi connectivity index (χ1) is 13.3. The SMILES string of the molecule is CC(=O)NCc1ccc(C(=O)N2CCN(c3ccc(C(C)=O)cc3F)CC2)s1. The predicted molar refractivity (Wildman–Crippen MR) is 106 cm³/mol. The molecule has 0 saturated carbocycles. The molecule has 2 aromatic rings. The Morgan fingerprint density at radius 2 is 1.79 bits per heavy atom. The van der Waals surface area contributed by atoms with Crippen LogP contribution in [0.2, 0.25) is 0 Å². The van der Waals surface area contributed by atoms with Crippen molar-refractivity contribution in [1.29, 1.82) is 0 Å². The fourth-order valence-corrected chi connectivity index (χ4v) is 4.00. The highest BCUT2D eigenvalue weighted by atomic mass is 32.1. The van der Waals surface area contributed by atoms with E-state index in [2.05, 4.69) is 5.32 Å². The van der Waals surface area contributed by atoms with E-state index in [4.69, 9.17) is 0 Å². The van der Waals surface area contributed by atoms with Crippen LogP contribution in [0.3, 0.4) is 0 Å². The van der Waals surface area contributed by atoms with E-state index in [0.717, 1.165) is 4.88 Å². The van der Waals surface area contributed by atoms with Crippen molar-refractivity contribution in [1.82, 2.24) is 10.2 Å². The van der Waals surface area contributed by atoms with Crippen LogP contribution in [0.15, 0.2) is 30.3 Å². The fraction of sp³-hybridized carbons (Fsp3) is 0.350. The highest BCUT2D eigenvalue weighted by molar-refractivity contribution is 7.14. The number of nitrogens with one attached hydrogen (secondary N) is 1. The van der Waals surface area contributed by atoms with Gasteiger partial charge in [0.25, 0.3) is 5.91 Å². The molecule has 1 fully saturated rings. The molecule has 0 aliphatic carbocycles. The molecule has 28 heavy (non-hydrogen) atoms. The van der Waals surface area contributed by atoms with Gasteiger partial charge in [0.15, 0.2) is 5.78 Å². The largest absolute Gasteiger partial charge is 0.366 e. The number of nitrogens with zero attached hydrogens (tertiary/aromatic N) is 2. The van der Waals surface area contributed by atoms with Gasteiger partial charge in [-0.3, -0.25) is 14.4 Å². The Labute approximate surface area is 166 Å². The number of halogens is 1. The normalized spacial score (nSPS) is 14.1. The quantitative estimate of drug-likeness (QED) is 0.780. The average Bonchev–Trinajstić information content (AvgIpc) is 3.15. The molecule has 8 heteroatoms. The summed E-state index contributed by atoms with van der Waals surface area (Å²) in [5, 5.41) is 2.72. The summed E-state index contributed by atoms with van der Waals surface area (Å²) >= 11 is 1.37. The highest BCUT2D eigenvalue weighted by Gasteiger charge is 2.24. The Morgan fingerprint density at radius 3 is 2.39 bits per heavy atom. The smallest absolute Gasteiger partial charge is 0.264 e. The zero-order valence-electron chi connectivity index (χ0n) is 15.8. The van der Waals surface area contributed by atoms with E-state index in [1.807, 2.05) is 11.0 Å². The van der Waals surface area contributed by atoms with Crippen LogP contribution in [0.1, 0.15) is 38.8 Å². The zero-order valence-corrected chi connectivity index (χ0v) is 16.6. The summed E-state index contributed by atoms with van der Waals surface area (Å²) in [7, 11) is 0. The summed E-state index contributed by atoms with van der Waals surface area (Å²) in [6.07, 6.45) is 0. The van der Waals surface area contributed by atoms with Crippen molar-refractivity contribution in [2.45, 2.75) is 20.4 Å². The lowest BCUT2D eigenvalue weighted by Gasteiger charge is -2.36. The van der Waals surface area contributed by atoms with Crippen molar-refractivity contribution in [3.63, 3.8) is 0 Å². The Bertz CT molecular complexity index is 904. The third-order valence-electron chi connectivity index (χ3n) is 4.65. The van der Waals surface area contributed by atoms with Crippen molar-refractivity contribution in [2.24, 2.45) is 0 Å². The van der Waals surface area contributed by atoms with Crippen molar-refractivity contribution in [3.05, 3.63) is 51.5 Å². The van der Waals surface area contributed by atoms with E-state index in [1.165, 1.54) is 31.3 Å². The molecule has 1 aromatic carbocycles. The van der Waals surface area contributed by atoms with Crippen molar-refractivity contribution >= 4 is 34.6 Å². The van der Waals surface area contributed by atoms with Gasteiger partial charge < -0.3 is 15.1 Å². The van der Waals surface area contributed by atoms with Gasteiger partial charge in [-0.05, 0) is 37.3 Å². The van der Waals surface area contributed by atoms with Gasteiger partial charge >= 0.3 is 0 Å². The Kier molecular flexibility index (Phi) is 6.08. The number of benzene rings is 1. The number of carbonyl (C=O) groups is 3. The van der Waals surface area contributed by atoms with Gasteiger partial charge in [-0.25, -0.2) is 4.39 Å². The molecule has 1 aromatic heterocycles. The zero-order chi connectivity index (χ0) is 20.3. The molecule has 1 saturated heterocycles. The Hall–Kier alpha value is -2.74. The molecule has 6 nitrogen and oxygen atoms in total. The molecule has 1 aliphatic rings. The molecule has 0 unspecified atom stereocenters. The van der Waals surface area contributed by atoms with Crippen LogP contribution in [-0.4, -0.2) is 48.7 Å². The maximum atomic E-state index is 14.3. The molecule has 0 spiro atoms. The van der Waals surface area contributed by atoms with Crippen LogP contribution in [0, 0.1) is 5.82 Å². The standard InChI is InChI=1S/C20H22FN3O3S/c1-13(25)15-3-5-18(17(21)11-15)23-7-9-24(10-8-23)20(27)19-6-4-16(28-19)12-22-14(2)26/h3-6,11H,7-10,12H2,1-2H3,(H,22,26). The van der Waals surface area contributed by atoms with Gasteiger partial charge in [-0.1, -0.05) is 0 Å². The van der Waals surface area contributed by atoms with Gasteiger partial charge in [0.05, 0.1) is 17.1 Å². The summed E-state index contributed by atoms with van der Waals surface area (Å²) in [4.78, 5) is 40.3. The summed E-state index contributed by atoms with van der Waals surface area (Å²) in [6, 6.07) is 8.13. The number of hydrogen-bond donors (Lipinski definition) is 1. The molecular weight excluding hydrogens is 381 g/mol. The van der Waals surface area contributed by atoms with Crippen LogP contribution >= 0.6 is 11.3 Å². The molecule has 2 heterocycles. The molecule has 1 N–H and O–H groups in total. The monoisotopic (exact) mass is 403 g/mol. The molecule has 1 aliphatic heterocycles. The Balaban J connectivity index is 1.60. The number of anilines is 1. The summed E-state index contributed by atoms with van der Waals surface area (Å²) in [6.45, 7) is 5.30. The van der Waals surface area contributed by atoms with Crippen molar-refractivity contribution in [3.8, 4) is 0 Å². The maximum Gasteiger partial charge on any atom is 0.264 e. The number of ketones is 1. The van der Waals surface area contributed by atoms with Gasteiger partial charge in [-0.2, -0.15) is 0 Å². The third kappa shape index (κ3) is 4.56. The first kappa shape index (κ1) is 20.0. The molecule has 3 rings (SSSR count). The van der Waals surface area contributed by atoms with E-state index in [9.17, 15) is 18.8 Å². The maximum absolute atomic E-state index is 14.3. The minimum atomic E-state index is -0.423. The van der Waals surface area contributed by atoms with Gasteiger partial charge in [0.1, 0.15) is 5.82 Å². The van der Waals surface area contributed by atoms with Gasteiger partial charge in [0.2, 0.25) is 5.91 Å². The summed E-state index contributed by atoms with van der Waals surface area (Å²) in [5.74, 6) is -0.755. The first-order valence-corrected chi connectivity index (χ1v) is 9.84. The molecular formula is C20H22FN3O3S. The minimum absolute atomic E-state index is 0.0499. The van der Waals surface area contributed by atoms with E-state index >= 15 is 0 Å². The topological polar surface area (TPSA) is 69.7 Å². The molecule has 0 atom stereocenters. The van der Waals surface area contributed by atoms with Crippen molar-refractivity contribution < 1.29 is 18.8 Å². The number of hydrogen-bond acceptors (Lipinski definition) is 5. The van der Waals surface area contributed by atoms with Crippen LogP contribution in [-0.2, 0) is 11.3 Å². The molecule has 0 radical (unpaired) electrons. The van der Waals surface area contributed by atoms with Crippen LogP contribution < -0.4 is 10.2 Å². The third-order valence-corrected chi connectivity index (χ3v) is 5.72. The molecule has 148 valence electrons. The highest BCUT2D eigenvalue weighted by Crippen LogP contribution is 2.24. The second kappa shape index (κ2) is 8.52. The van der Waals surface area contributed by atoms with E-state index < -0.39 is 5.82 Å². The number of carbonyl (C=O) groups excluding carboxylic acids is 3. The van der Waals surface area contributed by atoms with Crippen molar-refractivity contribution in [2.75, 3.05) is 31.1 Å². The fourth-order valence-electron chi connectivity index (χ4n) is 3.09. The molecule has 2 amide bonds. The van der Waals surface area contributed by atoms with Gasteiger partial charge in [-0.15, -0.1) is 11.3 Å². The second-order valence-electron chi connectivity index (χ2n) is 6.68. The number of thiophene rings is 1. The predicted octanol–water partition coefficient (Wildman–Crippen LogP) is 2.69. The lowest BCUT2D eigenvalue weighted by atomic mass is 10.1. The average molecular weight is 403 g/mol. The van der Waals surface area contributed by atoms with E-state index in [0.29, 0.717) is 48.9 Å². The lowest BCUT2D eigenvalue weighted by Crippen LogP contribution is -2.48. The van der Waals surface area contributed by atoms with Crippen LogP contribution in [0.5, 0.6) is 0 Å². The number of amides is 2. The minimum Gasteiger partial charge on any atom is -0.366 e. The van der Waals surface area contributed by atoms with Gasteiger partial charge in [0, 0.05) is 43.5 Å². The summed E-state index contributed by atoms with van der Waals surface area (Å²) in [5.41, 5.74) is 0.800. The second-order valence-corrected chi connectivity index (χ2v) is 7.85. The van der Waals surface area contributed by atoms with E-state index in [-0.39, 0.29) is 17.6 Å². The van der Waals surface area contributed by atoms with Crippen LogP contribution in [0.25, 0.3) is 0 Å². The molecule has 0 bridgehead atoms. The summed E-state index contributed by atoms with van der Waals surface area (Å²) < 4.78 is 14.3. The Morgan fingerprint density at radius 1 is 1.07 bits per heavy atom. The van der Waals surface area contributed by atoms with Crippen LogP contribution in [0.4, 0.5) is 10.1 Å². The number of rotatable bonds is 5. The number of Topliss-reactive ketones (excluding diaryl/α,β-unsaturated/α-hetero) is 1. The first-order valence-electron chi connectivity index (χ1n) is 9.03. The number of piperazine rings is 1.